The van der Waals surface area contributed by atoms with Gasteiger partial charge in [-0.3, -0.25) is 9.69 Å². The van der Waals surface area contributed by atoms with Crippen molar-refractivity contribution in [3.8, 4) is 0 Å². The van der Waals surface area contributed by atoms with E-state index in [2.05, 4.69) is 33.6 Å². The molecule has 25 heavy (non-hydrogen) atoms. The average molecular weight is 339 g/mol. The number of benzene rings is 1. The molecule has 1 aliphatic carbocycles. The molecule has 5 nitrogen and oxygen atoms in total. The van der Waals surface area contributed by atoms with Crippen molar-refractivity contribution >= 4 is 5.91 Å². The van der Waals surface area contributed by atoms with Crippen LogP contribution in [0, 0.1) is 6.92 Å². The Kier molecular flexibility index (Phi) is 4.57. The molecule has 0 saturated heterocycles. The molecule has 0 bridgehead atoms. The highest BCUT2D eigenvalue weighted by molar-refractivity contribution is 5.92. The first kappa shape index (κ1) is 16.3. The minimum Gasteiger partial charge on any atom is -0.361 e. The summed E-state index contributed by atoms with van der Waals surface area (Å²) in [6.45, 7) is 4.64. The second kappa shape index (κ2) is 7.00. The lowest BCUT2D eigenvalue weighted by molar-refractivity contribution is 0.0942. The van der Waals surface area contributed by atoms with Gasteiger partial charge in [0.15, 0.2) is 5.69 Å². The number of aromatic nitrogens is 1. The van der Waals surface area contributed by atoms with Crippen molar-refractivity contribution in [3.63, 3.8) is 0 Å². The van der Waals surface area contributed by atoms with Gasteiger partial charge in [0.1, 0.15) is 5.76 Å². The zero-order valence-electron chi connectivity index (χ0n) is 14.8. The van der Waals surface area contributed by atoms with E-state index in [4.69, 9.17) is 4.52 Å². The zero-order valence-corrected chi connectivity index (χ0v) is 14.8. The average Bonchev–Trinajstić information content (AvgIpc) is 2.90. The van der Waals surface area contributed by atoms with Crippen LogP contribution in [-0.2, 0) is 19.4 Å². The predicted octanol–water partition coefficient (Wildman–Crippen LogP) is 2.87. The number of hydrogen-bond acceptors (Lipinski definition) is 4. The molecule has 1 aromatic carbocycles. The minimum absolute atomic E-state index is 0.192. The molecule has 2 aromatic rings. The van der Waals surface area contributed by atoms with Crippen LogP contribution in [0.25, 0.3) is 0 Å². The van der Waals surface area contributed by atoms with E-state index in [-0.39, 0.29) is 5.91 Å². The van der Waals surface area contributed by atoms with Crippen LogP contribution in [0.2, 0.25) is 0 Å². The summed E-state index contributed by atoms with van der Waals surface area (Å²) >= 11 is 0. The Bertz CT molecular complexity index is 764. The molecule has 1 fully saturated rings. The van der Waals surface area contributed by atoms with Gasteiger partial charge in [-0.25, -0.2) is 0 Å². The number of nitrogens with zero attached hydrogens (tertiary/aromatic N) is 2. The van der Waals surface area contributed by atoms with Crippen molar-refractivity contribution in [1.29, 1.82) is 0 Å². The summed E-state index contributed by atoms with van der Waals surface area (Å²) in [7, 11) is 0. The first-order chi connectivity index (χ1) is 12.2. The third kappa shape index (κ3) is 3.61. The van der Waals surface area contributed by atoms with E-state index in [0.29, 0.717) is 18.0 Å². The first-order valence-electron chi connectivity index (χ1n) is 9.25. The number of amides is 1. The number of carbonyl (C=O) groups excluding carboxylic acids is 1. The standard InChI is InChI=1S/C20H25N3O2/c1-14-11-19(22-25-14)20(24)21-13-15-5-6-16-7-9-23(18-3-2-4-18)10-8-17(16)12-15/h5-6,11-12,18H,2-4,7-10,13H2,1H3,(H,21,24). The van der Waals surface area contributed by atoms with E-state index < -0.39 is 0 Å². The van der Waals surface area contributed by atoms with E-state index in [9.17, 15) is 4.79 Å². The first-order valence-corrected chi connectivity index (χ1v) is 9.25. The molecule has 0 atom stereocenters. The van der Waals surface area contributed by atoms with Crippen molar-refractivity contribution < 1.29 is 9.32 Å². The largest absolute Gasteiger partial charge is 0.361 e. The summed E-state index contributed by atoms with van der Waals surface area (Å²) in [4.78, 5) is 14.8. The van der Waals surface area contributed by atoms with Crippen LogP contribution in [0.5, 0.6) is 0 Å². The maximum Gasteiger partial charge on any atom is 0.273 e. The van der Waals surface area contributed by atoms with E-state index in [1.165, 1.54) is 36.9 Å². The predicted molar refractivity (Wildman–Crippen MR) is 95.5 cm³/mol. The Morgan fingerprint density at radius 2 is 2.04 bits per heavy atom. The molecule has 1 N–H and O–H groups in total. The Balaban J connectivity index is 1.38. The summed E-state index contributed by atoms with van der Waals surface area (Å²) in [5.74, 6) is 0.453. The van der Waals surface area contributed by atoms with Crippen molar-refractivity contribution in [2.24, 2.45) is 0 Å². The Morgan fingerprint density at radius 1 is 1.24 bits per heavy atom. The molecule has 2 aliphatic rings. The third-order valence-corrected chi connectivity index (χ3v) is 5.51. The highest BCUT2D eigenvalue weighted by Crippen LogP contribution is 2.27. The van der Waals surface area contributed by atoms with Crippen LogP contribution < -0.4 is 5.32 Å². The third-order valence-electron chi connectivity index (χ3n) is 5.51. The highest BCUT2D eigenvalue weighted by Gasteiger charge is 2.26. The number of fused-ring (bicyclic) bond motifs is 1. The van der Waals surface area contributed by atoms with Crippen LogP contribution in [0.4, 0.5) is 0 Å². The highest BCUT2D eigenvalue weighted by atomic mass is 16.5. The molecule has 0 unspecified atom stereocenters. The fourth-order valence-electron chi connectivity index (χ4n) is 3.77. The van der Waals surface area contributed by atoms with E-state index >= 15 is 0 Å². The lowest BCUT2D eigenvalue weighted by atomic mass is 9.91. The molecule has 2 heterocycles. The van der Waals surface area contributed by atoms with E-state index in [1.54, 1.807) is 13.0 Å². The molecule has 1 amide bonds. The van der Waals surface area contributed by atoms with Crippen LogP contribution in [0.3, 0.4) is 0 Å². The van der Waals surface area contributed by atoms with Crippen LogP contribution in [0.15, 0.2) is 28.8 Å². The Hall–Kier alpha value is -2.14. The van der Waals surface area contributed by atoms with Gasteiger partial charge < -0.3 is 9.84 Å². The van der Waals surface area contributed by atoms with Gasteiger partial charge in [0.2, 0.25) is 0 Å². The molecular weight excluding hydrogens is 314 g/mol. The van der Waals surface area contributed by atoms with Gasteiger partial charge in [0.05, 0.1) is 0 Å². The fraction of sp³-hybridized carbons (Fsp3) is 0.500. The Morgan fingerprint density at radius 3 is 2.72 bits per heavy atom. The lowest BCUT2D eigenvalue weighted by Gasteiger charge is -2.36. The maximum atomic E-state index is 12.1. The zero-order chi connectivity index (χ0) is 17.2. The monoisotopic (exact) mass is 339 g/mol. The van der Waals surface area contributed by atoms with Crippen LogP contribution in [0.1, 0.15) is 52.2 Å². The van der Waals surface area contributed by atoms with E-state index in [1.807, 2.05) is 0 Å². The fourth-order valence-corrected chi connectivity index (χ4v) is 3.77. The summed E-state index contributed by atoms with van der Waals surface area (Å²) in [5.41, 5.74) is 4.38. The van der Waals surface area contributed by atoms with Gasteiger partial charge in [-0.1, -0.05) is 29.8 Å². The molecule has 0 radical (unpaired) electrons. The second-order valence-corrected chi connectivity index (χ2v) is 7.23. The lowest BCUT2D eigenvalue weighted by Crippen LogP contribution is -2.41. The number of rotatable bonds is 4. The number of aryl methyl sites for hydroxylation is 1. The normalized spacial score (nSPS) is 18.3. The SMILES string of the molecule is Cc1cc(C(=O)NCc2ccc3c(c2)CCN(C2CCC2)CC3)no1. The van der Waals surface area contributed by atoms with Gasteiger partial charge in [0, 0.05) is 31.7 Å². The second-order valence-electron chi connectivity index (χ2n) is 7.23. The topological polar surface area (TPSA) is 58.4 Å². The Labute approximate surface area is 148 Å². The molecule has 1 aliphatic heterocycles. The molecule has 132 valence electrons. The number of carbonyl (C=O) groups is 1. The maximum absolute atomic E-state index is 12.1. The van der Waals surface area contributed by atoms with Crippen molar-refractivity contribution in [3.05, 3.63) is 52.4 Å². The number of nitrogens with one attached hydrogen (secondary N) is 1. The van der Waals surface area contributed by atoms with Crippen LogP contribution in [-0.4, -0.2) is 35.1 Å². The van der Waals surface area contributed by atoms with Gasteiger partial charge >= 0.3 is 0 Å². The summed E-state index contributed by atoms with van der Waals surface area (Å²) in [6.07, 6.45) is 6.38. The molecule has 1 saturated carbocycles. The quantitative estimate of drug-likeness (QED) is 0.930. The summed E-state index contributed by atoms with van der Waals surface area (Å²) in [6, 6.07) is 9.10. The molecule has 0 spiro atoms. The molecule has 4 rings (SSSR count). The minimum atomic E-state index is -0.192. The number of hydrogen-bond donors (Lipinski definition) is 1. The van der Waals surface area contributed by atoms with Gasteiger partial charge in [-0.15, -0.1) is 0 Å². The van der Waals surface area contributed by atoms with Crippen LogP contribution >= 0.6 is 0 Å². The summed E-state index contributed by atoms with van der Waals surface area (Å²) in [5, 5.41) is 6.68. The molecule has 1 aromatic heterocycles. The van der Waals surface area contributed by atoms with Crippen molar-refractivity contribution in [1.82, 2.24) is 15.4 Å². The smallest absolute Gasteiger partial charge is 0.273 e. The molecular formula is C20H25N3O2. The summed E-state index contributed by atoms with van der Waals surface area (Å²) < 4.78 is 4.95. The van der Waals surface area contributed by atoms with Gasteiger partial charge in [-0.2, -0.15) is 0 Å². The van der Waals surface area contributed by atoms with Gasteiger partial charge in [-0.05, 0) is 49.3 Å². The van der Waals surface area contributed by atoms with Gasteiger partial charge in [0.25, 0.3) is 5.91 Å². The molecule has 5 heteroatoms. The van der Waals surface area contributed by atoms with Crippen molar-refractivity contribution in [2.75, 3.05) is 13.1 Å². The van der Waals surface area contributed by atoms with Crippen molar-refractivity contribution in [2.45, 2.75) is 51.6 Å². The van der Waals surface area contributed by atoms with E-state index in [0.717, 1.165) is 31.0 Å².